The van der Waals surface area contributed by atoms with E-state index in [2.05, 4.69) is 4.90 Å². The molecule has 0 saturated carbocycles. The van der Waals surface area contributed by atoms with Gasteiger partial charge in [-0.3, -0.25) is 4.90 Å². The highest BCUT2D eigenvalue weighted by atomic mass is 19.1. The van der Waals surface area contributed by atoms with E-state index in [9.17, 15) is 14.6 Å². The molecule has 18 heavy (non-hydrogen) atoms. The van der Waals surface area contributed by atoms with Crippen molar-refractivity contribution >= 4 is 0 Å². The highest BCUT2D eigenvalue weighted by molar-refractivity contribution is 5.18. The van der Waals surface area contributed by atoms with Crippen LogP contribution < -0.4 is 0 Å². The van der Waals surface area contributed by atoms with E-state index in [0.717, 1.165) is 25.9 Å². The summed E-state index contributed by atoms with van der Waals surface area (Å²) in [5.41, 5.74) is 0.620. The Bertz CT molecular complexity index is 386. The second-order valence-electron chi connectivity index (χ2n) is 4.87. The van der Waals surface area contributed by atoms with Gasteiger partial charge in [0, 0.05) is 12.6 Å². The molecule has 0 aliphatic carbocycles. The second-order valence-corrected chi connectivity index (χ2v) is 4.87. The van der Waals surface area contributed by atoms with Crippen LogP contribution in [0.1, 0.15) is 30.9 Å². The molecule has 0 aromatic heterocycles. The zero-order chi connectivity index (χ0) is 13.0. The van der Waals surface area contributed by atoms with Crippen molar-refractivity contribution in [2.75, 3.05) is 19.7 Å². The molecule has 1 fully saturated rings. The smallest absolute Gasteiger partial charge is 0.123 e. The molecule has 3 nitrogen and oxygen atoms in total. The highest BCUT2D eigenvalue weighted by Gasteiger charge is 2.24. The van der Waals surface area contributed by atoms with Crippen molar-refractivity contribution in [3.05, 3.63) is 35.6 Å². The molecule has 1 aromatic rings. The van der Waals surface area contributed by atoms with Crippen LogP contribution in [0.25, 0.3) is 0 Å². The van der Waals surface area contributed by atoms with Crippen molar-refractivity contribution in [3.8, 4) is 0 Å². The Hall–Kier alpha value is -0.970. The fourth-order valence-electron chi connectivity index (χ4n) is 2.56. The van der Waals surface area contributed by atoms with Crippen molar-refractivity contribution in [1.82, 2.24) is 4.90 Å². The maximum Gasteiger partial charge on any atom is 0.123 e. The molecule has 2 rings (SSSR count). The highest BCUT2D eigenvalue weighted by Crippen LogP contribution is 2.21. The normalized spacial score (nSPS) is 22.3. The molecule has 2 unspecified atom stereocenters. The van der Waals surface area contributed by atoms with Gasteiger partial charge in [-0.05, 0) is 43.5 Å². The molecular formula is C14H20FNO2. The van der Waals surface area contributed by atoms with Gasteiger partial charge in [0.2, 0.25) is 0 Å². The molecule has 1 aromatic carbocycles. The molecule has 4 heteroatoms. The summed E-state index contributed by atoms with van der Waals surface area (Å²) in [6.07, 6.45) is 2.05. The van der Waals surface area contributed by atoms with Crippen molar-refractivity contribution < 1.29 is 14.6 Å². The number of aliphatic hydroxyl groups is 2. The van der Waals surface area contributed by atoms with Crippen LogP contribution in [0.4, 0.5) is 4.39 Å². The van der Waals surface area contributed by atoms with E-state index in [1.165, 1.54) is 12.1 Å². The van der Waals surface area contributed by atoms with Crippen LogP contribution in [0, 0.1) is 5.82 Å². The van der Waals surface area contributed by atoms with Gasteiger partial charge in [-0.15, -0.1) is 0 Å². The summed E-state index contributed by atoms with van der Waals surface area (Å²) in [5.74, 6) is -0.319. The first kappa shape index (κ1) is 13.5. The van der Waals surface area contributed by atoms with E-state index in [1.54, 1.807) is 12.1 Å². The van der Waals surface area contributed by atoms with E-state index in [-0.39, 0.29) is 18.5 Å². The van der Waals surface area contributed by atoms with E-state index in [4.69, 9.17) is 0 Å². The summed E-state index contributed by atoms with van der Waals surface area (Å²) in [5, 5.41) is 19.2. The number of likely N-dealkylation sites (tertiary alicyclic amines) is 1. The quantitative estimate of drug-likeness (QED) is 0.839. The van der Waals surface area contributed by atoms with Crippen molar-refractivity contribution in [2.24, 2.45) is 0 Å². The average Bonchev–Trinajstić information content (AvgIpc) is 2.83. The number of nitrogens with zero attached hydrogens (tertiary/aromatic N) is 1. The fraction of sp³-hybridized carbons (Fsp3) is 0.571. The first-order chi connectivity index (χ1) is 8.70. The zero-order valence-corrected chi connectivity index (χ0v) is 10.4. The Morgan fingerprint density at radius 3 is 3.00 bits per heavy atom. The van der Waals surface area contributed by atoms with Crippen LogP contribution in [-0.4, -0.2) is 40.9 Å². The molecule has 100 valence electrons. The summed E-state index contributed by atoms with van der Waals surface area (Å²) in [4.78, 5) is 2.20. The van der Waals surface area contributed by atoms with Crippen LogP contribution in [0.3, 0.4) is 0 Å². The van der Waals surface area contributed by atoms with Crippen LogP contribution in [0.15, 0.2) is 24.3 Å². The Balaban J connectivity index is 1.86. The zero-order valence-electron chi connectivity index (χ0n) is 10.4. The van der Waals surface area contributed by atoms with Gasteiger partial charge in [-0.25, -0.2) is 4.39 Å². The van der Waals surface area contributed by atoms with Crippen LogP contribution in [-0.2, 0) is 0 Å². The van der Waals surface area contributed by atoms with Gasteiger partial charge in [0.25, 0.3) is 0 Å². The van der Waals surface area contributed by atoms with Gasteiger partial charge >= 0.3 is 0 Å². The van der Waals surface area contributed by atoms with Crippen LogP contribution in [0.5, 0.6) is 0 Å². The van der Waals surface area contributed by atoms with Gasteiger partial charge in [-0.1, -0.05) is 12.1 Å². The minimum atomic E-state index is -0.638. The molecule has 1 heterocycles. The molecule has 1 aliphatic heterocycles. The largest absolute Gasteiger partial charge is 0.395 e. The minimum absolute atomic E-state index is 0.177. The molecule has 1 aliphatic rings. The third-order valence-corrected chi connectivity index (χ3v) is 3.63. The van der Waals surface area contributed by atoms with Gasteiger partial charge in [0.15, 0.2) is 0 Å². The second kappa shape index (κ2) is 6.27. The minimum Gasteiger partial charge on any atom is -0.395 e. The SMILES string of the molecule is OCC1CCCN1CCC(O)c1cccc(F)c1. The Labute approximate surface area is 107 Å². The van der Waals surface area contributed by atoms with Gasteiger partial charge in [-0.2, -0.15) is 0 Å². The first-order valence-corrected chi connectivity index (χ1v) is 6.49. The molecule has 0 radical (unpaired) electrons. The topological polar surface area (TPSA) is 43.7 Å². The van der Waals surface area contributed by atoms with E-state index < -0.39 is 6.10 Å². The number of halogens is 1. The molecule has 0 spiro atoms. The van der Waals surface area contributed by atoms with E-state index >= 15 is 0 Å². The summed E-state index contributed by atoms with van der Waals surface area (Å²) < 4.78 is 13.0. The van der Waals surface area contributed by atoms with Crippen molar-refractivity contribution in [1.29, 1.82) is 0 Å². The lowest BCUT2D eigenvalue weighted by Crippen LogP contribution is -2.33. The number of aliphatic hydroxyl groups excluding tert-OH is 2. The third kappa shape index (κ3) is 3.28. The number of hydrogen-bond acceptors (Lipinski definition) is 3. The molecule has 2 N–H and O–H groups in total. The van der Waals surface area contributed by atoms with E-state index in [1.807, 2.05) is 0 Å². The number of rotatable bonds is 5. The summed E-state index contributed by atoms with van der Waals surface area (Å²) in [7, 11) is 0. The van der Waals surface area contributed by atoms with E-state index in [0.29, 0.717) is 12.0 Å². The van der Waals surface area contributed by atoms with Crippen LogP contribution >= 0.6 is 0 Å². The lowest BCUT2D eigenvalue weighted by atomic mass is 10.1. The predicted octanol–water partition coefficient (Wildman–Crippen LogP) is 1.71. The lowest BCUT2D eigenvalue weighted by Gasteiger charge is -2.23. The van der Waals surface area contributed by atoms with Crippen molar-refractivity contribution in [3.63, 3.8) is 0 Å². The number of benzene rings is 1. The maximum atomic E-state index is 13.0. The molecule has 2 atom stereocenters. The molecular weight excluding hydrogens is 233 g/mol. The molecule has 0 amide bonds. The standard InChI is InChI=1S/C14H20FNO2/c15-12-4-1-3-11(9-12)14(18)6-8-16-7-2-5-13(16)10-17/h1,3-4,9,13-14,17-18H,2,5-8,10H2. The maximum absolute atomic E-state index is 13.0. The summed E-state index contributed by atoms with van der Waals surface area (Å²) in [6.45, 7) is 1.89. The Kier molecular flexibility index (Phi) is 4.69. The molecule has 1 saturated heterocycles. The van der Waals surface area contributed by atoms with Gasteiger partial charge in [0.1, 0.15) is 5.82 Å². The summed E-state index contributed by atoms with van der Waals surface area (Å²) >= 11 is 0. The fourth-order valence-corrected chi connectivity index (χ4v) is 2.56. The molecule has 0 bridgehead atoms. The number of hydrogen-bond donors (Lipinski definition) is 2. The predicted molar refractivity (Wildman–Crippen MR) is 67.7 cm³/mol. The monoisotopic (exact) mass is 253 g/mol. The lowest BCUT2D eigenvalue weighted by molar-refractivity contribution is 0.116. The Morgan fingerprint density at radius 2 is 2.28 bits per heavy atom. The van der Waals surface area contributed by atoms with Crippen LogP contribution in [0.2, 0.25) is 0 Å². The first-order valence-electron chi connectivity index (χ1n) is 6.49. The van der Waals surface area contributed by atoms with Gasteiger partial charge in [0.05, 0.1) is 12.7 Å². The Morgan fingerprint density at radius 1 is 1.44 bits per heavy atom. The summed E-state index contributed by atoms with van der Waals surface area (Å²) in [6, 6.07) is 6.32. The average molecular weight is 253 g/mol. The van der Waals surface area contributed by atoms with Crippen molar-refractivity contribution in [2.45, 2.75) is 31.4 Å². The van der Waals surface area contributed by atoms with Gasteiger partial charge < -0.3 is 10.2 Å². The third-order valence-electron chi connectivity index (χ3n) is 3.63.